The number of ketones is 1. The van der Waals surface area contributed by atoms with Crippen LogP contribution in [0.3, 0.4) is 0 Å². The normalized spacial score (nSPS) is 19.2. The number of carbonyl (C=O) groups is 2. The number of benzene rings is 2. The number of carbonyl (C=O) groups excluding carboxylic acids is 2. The van der Waals surface area contributed by atoms with Gasteiger partial charge in [-0.3, -0.25) is 24.9 Å². The fraction of sp³-hybridized carbons (Fsp3) is 0.316. The van der Waals surface area contributed by atoms with Crippen molar-refractivity contribution in [3.05, 3.63) is 130 Å². The molecule has 0 bridgehead atoms. The number of ether oxygens (including phenoxy) is 2. The molecule has 3 heterocycles. The first-order chi connectivity index (χ1) is 24.1. The van der Waals surface area contributed by atoms with Crippen LogP contribution in [-0.2, 0) is 29.9 Å². The molecule has 4 unspecified atom stereocenters. The Bertz CT molecular complexity index is 2030. The molecule has 2 aliphatic rings. The summed E-state index contributed by atoms with van der Waals surface area (Å²) in [6, 6.07) is 20.0. The molecule has 50 heavy (non-hydrogen) atoms. The molecular weight excluding hydrogens is 657 g/mol. The number of nitrogens with zero attached hydrogens (tertiary/aromatic N) is 2. The van der Waals surface area contributed by atoms with Gasteiger partial charge in [-0.05, 0) is 67.8 Å². The molecule has 1 aliphatic carbocycles. The minimum atomic E-state index is -3.71. The first-order valence-corrected chi connectivity index (χ1v) is 18.4. The highest BCUT2D eigenvalue weighted by Crippen LogP contribution is 2.47. The van der Waals surface area contributed by atoms with E-state index < -0.39 is 40.0 Å². The Morgan fingerprint density at radius 3 is 2.42 bits per heavy atom. The van der Waals surface area contributed by atoms with Crippen molar-refractivity contribution in [2.45, 2.75) is 50.8 Å². The lowest BCUT2D eigenvalue weighted by Crippen LogP contribution is -2.32. The van der Waals surface area contributed by atoms with Crippen molar-refractivity contribution in [3.8, 4) is 5.75 Å². The third-order valence-corrected chi connectivity index (χ3v) is 10.6. The van der Waals surface area contributed by atoms with Crippen LogP contribution in [0.25, 0.3) is 5.57 Å². The maximum absolute atomic E-state index is 14.0. The van der Waals surface area contributed by atoms with E-state index in [0.717, 1.165) is 11.1 Å². The van der Waals surface area contributed by atoms with E-state index in [1.807, 2.05) is 39.0 Å². The molecule has 0 fully saturated rings. The number of phenols is 1. The largest absolute Gasteiger partial charge is 0.507 e. The third kappa shape index (κ3) is 7.24. The van der Waals surface area contributed by atoms with Gasteiger partial charge in [0.1, 0.15) is 18.1 Å². The quantitative estimate of drug-likeness (QED) is 0.178. The van der Waals surface area contributed by atoms with E-state index >= 15 is 0 Å². The lowest BCUT2D eigenvalue weighted by Gasteiger charge is -2.27. The molecule has 12 heteroatoms. The predicted octanol–water partition coefficient (Wildman–Crippen LogP) is 4.74. The summed E-state index contributed by atoms with van der Waals surface area (Å²) in [4.78, 5) is 35.9. The Morgan fingerprint density at radius 1 is 0.940 bits per heavy atom. The van der Waals surface area contributed by atoms with Gasteiger partial charge in [-0.2, -0.15) is 0 Å². The van der Waals surface area contributed by atoms with Crippen molar-refractivity contribution < 1.29 is 32.6 Å². The van der Waals surface area contributed by atoms with Crippen molar-refractivity contribution in [2.24, 2.45) is 0 Å². The van der Waals surface area contributed by atoms with E-state index in [9.17, 15) is 23.1 Å². The third-order valence-electron chi connectivity index (χ3n) is 8.96. The maximum Gasteiger partial charge on any atom is 0.255 e. The second kappa shape index (κ2) is 15.0. The van der Waals surface area contributed by atoms with Gasteiger partial charge < -0.3 is 19.9 Å². The second-order valence-electron chi connectivity index (χ2n) is 12.3. The molecule has 3 N–H and O–H groups in total. The number of pyridine rings is 2. The van der Waals surface area contributed by atoms with Crippen LogP contribution in [0.4, 0.5) is 0 Å². The van der Waals surface area contributed by atoms with Crippen LogP contribution in [0, 0.1) is 6.92 Å². The molecule has 0 radical (unpaired) electrons. The number of sulfone groups is 1. The number of rotatable bonds is 13. The molecule has 4 atom stereocenters. The van der Waals surface area contributed by atoms with Crippen LogP contribution in [-0.4, -0.2) is 66.9 Å². The van der Waals surface area contributed by atoms with Crippen molar-refractivity contribution in [1.82, 2.24) is 20.6 Å². The summed E-state index contributed by atoms with van der Waals surface area (Å²) in [5, 5.41) is 16.3. The Hall–Kier alpha value is -4.75. The monoisotopic (exact) mass is 696 g/mol. The molecule has 2 aromatic carbocycles. The van der Waals surface area contributed by atoms with Gasteiger partial charge in [0.15, 0.2) is 15.6 Å². The van der Waals surface area contributed by atoms with Gasteiger partial charge in [0, 0.05) is 60.5 Å². The number of hydrogen-bond acceptors (Lipinski definition) is 10. The number of amides is 1. The zero-order chi connectivity index (χ0) is 35.4. The fourth-order valence-electron chi connectivity index (χ4n) is 6.77. The van der Waals surface area contributed by atoms with Crippen molar-refractivity contribution in [2.75, 3.05) is 25.5 Å². The lowest BCUT2D eigenvalue weighted by molar-refractivity contribution is -0.127. The number of Topliss-reactive ketones (excluding diaryl/α,β-unsaturated/α-hetero) is 1. The molecular formula is C38H40N4O7S. The summed E-state index contributed by atoms with van der Waals surface area (Å²) in [5.41, 5.74) is 5.48. The summed E-state index contributed by atoms with van der Waals surface area (Å²) in [6.45, 7) is 6.41. The number of fused-ring (bicyclic) bond motifs is 2. The van der Waals surface area contributed by atoms with Crippen molar-refractivity contribution in [1.29, 1.82) is 0 Å². The summed E-state index contributed by atoms with van der Waals surface area (Å²) in [5.74, 6) is -1.96. The average molecular weight is 697 g/mol. The average Bonchev–Trinajstić information content (AvgIpc) is 3.48. The smallest absolute Gasteiger partial charge is 0.255 e. The van der Waals surface area contributed by atoms with Gasteiger partial charge in [-0.25, -0.2) is 8.42 Å². The van der Waals surface area contributed by atoms with Crippen molar-refractivity contribution >= 4 is 27.1 Å². The molecule has 0 saturated carbocycles. The molecule has 1 amide bonds. The van der Waals surface area contributed by atoms with Gasteiger partial charge >= 0.3 is 0 Å². The van der Waals surface area contributed by atoms with Crippen LogP contribution in [0.2, 0.25) is 0 Å². The van der Waals surface area contributed by atoms with Gasteiger partial charge in [0.05, 0.1) is 28.8 Å². The van der Waals surface area contributed by atoms with Crippen molar-refractivity contribution in [3.63, 3.8) is 0 Å². The summed E-state index contributed by atoms with van der Waals surface area (Å²) in [6.07, 6.45) is 1.93. The highest BCUT2D eigenvalue weighted by atomic mass is 32.2. The van der Waals surface area contributed by atoms with Gasteiger partial charge in [0.2, 0.25) is 0 Å². The Kier molecular flexibility index (Phi) is 10.5. The fourth-order valence-corrected chi connectivity index (χ4v) is 8.47. The molecule has 6 rings (SSSR count). The van der Waals surface area contributed by atoms with Gasteiger partial charge in [0.25, 0.3) is 5.91 Å². The first-order valence-electron chi connectivity index (χ1n) is 16.6. The van der Waals surface area contributed by atoms with E-state index in [0.29, 0.717) is 46.9 Å². The van der Waals surface area contributed by atoms with E-state index in [-0.39, 0.29) is 35.1 Å². The molecule has 1 aliphatic heterocycles. The molecule has 4 aromatic rings. The number of phenolic OH excluding ortho intramolecular Hbond substituents is 1. The summed E-state index contributed by atoms with van der Waals surface area (Å²) in [7, 11) is -3.71. The summed E-state index contributed by atoms with van der Waals surface area (Å²) < 4.78 is 39.4. The molecule has 11 nitrogen and oxygen atoms in total. The highest BCUT2D eigenvalue weighted by molar-refractivity contribution is 7.90. The highest BCUT2D eigenvalue weighted by Gasteiger charge is 2.47. The SMILES string of the molecule is CCOC1NC(c2ccc(CS(=O)(=O)CC(CNC(=O)c3ccccc3O)c3ccccn3)cc2C)C2=C1c1ncccc1C(OCC)C2=O. The minimum Gasteiger partial charge on any atom is -0.507 e. The van der Waals surface area contributed by atoms with Crippen LogP contribution >= 0.6 is 0 Å². The van der Waals surface area contributed by atoms with Crippen LogP contribution < -0.4 is 10.6 Å². The van der Waals surface area contributed by atoms with E-state index in [1.165, 1.54) is 12.1 Å². The number of aromatic hydroxyl groups is 1. The topological polar surface area (TPSA) is 157 Å². The molecule has 260 valence electrons. The van der Waals surface area contributed by atoms with Crippen LogP contribution in [0.5, 0.6) is 5.75 Å². The molecule has 0 spiro atoms. The Balaban J connectivity index is 1.24. The number of aromatic nitrogens is 2. The Morgan fingerprint density at radius 2 is 1.70 bits per heavy atom. The van der Waals surface area contributed by atoms with Gasteiger partial charge in [-0.1, -0.05) is 42.5 Å². The lowest BCUT2D eigenvalue weighted by atomic mass is 9.82. The number of aryl methyl sites for hydroxylation is 1. The number of hydrogen-bond donors (Lipinski definition) is 3. The van der Waals surface area contributed by atoms with Gasteiger partial charge in [-0.15, -0.1) is 0 Å². The van der Waals surface area contributed by atoms with E-state index in [2.05, 4.69) is 20.6 Å². The zero-order valence-corrected chi connectivity index (χ0v) is 28.9. The van der Waals surface area contributed by atoms with Crippen LogP contribution in [0.15, 0.2) is 90.8 Å². The molecule has 0 saturated heterocycles. The van der Waals surface area contributed by atoms with E-state index in [1.54, 1.807) is 54.9 Å². The standard InChI is InChI=1S/C38H40N4O7S/c1-4-48-36-28-12-10-18-40-33(28)32-31(35(36)44)34(42-38(32)49-5-2)26-16-15-24(19-23(26)3)21-50(46,47)22-25(29-13-8-9-17-39-29)20-41-37(45)27-11-6-7-14-30(27)43/h6-19,25,34,36,38,42-43H,4-5,20-22H2,1-3H3,(H,41,45). The Labute approximate surface area is 291 Å². The number of nitrogens with one attached hydrogen (secondary N) is 2. The minimum absolute atomic E-state index is 0.00191. The zero-order valence-electron chi connectivity index (χ0n) is 28.1. The van der Waals surface area contributed by atoms with E-state index in [4.69, 9.17) is 9.47 Å². The first kappa shape index (κ1) is 35.1. The number of para-hydroxylation sites is 1. The second-order valence-corrected chi connectivity index (χ2v) is 14.4. The van der Waals surface area contributed by atoms with Crippen LogP contribution in [0.1, 0.15) is 75.9 Å². The predicted molar refractivity (Wildman–Crippen MR) is 188 cm³/mol. The summed E-state index contributed by atoms with van der Waals surface area (Å²) >= 11 is 0. The maximum atomic E-state index is 14.0. The molecule has 2 aromatic heterocycles.